The Kier molecular flexibility index (Phi) is 9.39. The minimum Gasteiger partial charge on any atom is -0.375 e. The maximum absolute atomic E-state index is 12.4. The van der Waals surface area contributed by atoms with Crippen LogP contribution in [0.1, 0.15) is 25.3 Å². The van der Waals surface area contributed by atoms with E-state index in [4.69, 9.17) is 4.74 Å². The fourth-order valence-corrected chi connectivity index (χ4v) is 2.40. The third-order valence-corrected chi connectivity index (χ3v) is 3.53. The summed E-state index contributed by atoms with van der Waals surface area (Å²) >= 11 is 0. The third kappa shape index (κ3) is 7.04. The Morgan fingerprint density at radius 1 is 1.39 bits per heavy atom. The standard InChI is InChI=1S/C18H24N2O2.ClH/c1-2-11-20(12-6-9-16-7-4-3-5-8-16)18(21)14-17-15-19-10-13-22-17;/h3-5,7-8,17,19H,2,10-15H2,1H3;1H. The van der Waals surface area contributed by atoms with Crippen molar-refractivity contribution in [3.05, 3.63) is 35.9 Å². The maximum atomic E-state index is 12.4. The van der Waals surface area contributed by atoms with Crippen molar-refractivity contribution in [3.8, 4) is 11.8 Å². The van der Waals surface area contributed by atoms with E-state index in [0.717, 1.165) is 31.6 Å². The lowest BCUT2D eigenvalue weighted by Crippen LogP contribution is -2.42. The van der Waals surface area contributed by atoms with E-state index in [1.807, 2.05) is 35.2 Å². The number of morpholine rings is 1. The monoisotopic (exact) mass is 336 g/mol. The van der Waals surface area contributed by atoms with E-state index in [-0.39, 0.29) is 24.4 Å². The first-order valence-electron chi connectivity index (χ1n) is 7.93. The maximum Gasteiger partial charge on any atom is 0.226 e. The number of hydrogen-bond acceptors (Lipinski definition) is 3. The lowest BCUT2D eigenvalue weighted by Gasteiger charge is -2.26. The molecule has 4 nitrogen and oxygen atoms in total. The molecule has 1 atom stereocenters. The molecular weight excluding hydrogens is 312 g/mol. The van der Waals surface area contributed by atoms with E-state index in [2.05, 4.69) is 24.1 Å². The lowest BCUT2D eigenvalue weighted by atomic mass is 10.2. The second kappa shape index (κ2) is 11.1. The van der Waals surface area contributed by atoms with Crippen molar-refractivity contribution in [3.63, 3.8) is 0 Å². The highest BCUT2D eigenvalue weighted by molar-refractivity contribution is 5.85. The normalized spacial score (nSPS) is 16.7. The number of nitrogens with one attached hydrogen (secondary N) is 1. The molecule has 2 rings (SSSR count). The third-order valence-electron chi connectivity index (χ3n) is 3.53. The van der Waals surface area contributed by atoms with Crippen LogP contribution >= 0.6 is 12.4 Å². The predicted molar refractivity (Wildman–Crippen MR) is 94.7 cm³/mol. The van der Waals surface area contributed by atoms with Crippen LogP contribution in [0.5, 0.6) is 0 Å². The summed E-state index contributed by atoms with van der Waals surface area (Å²) in [5.74, 6) is 6.33. The molecule has 0 radical (unpaired) electrons. The largest absolute Gasteiger partial charge is 0.375 e. The van der Waals surface area contributed by atoms with Gasteiger partial charge in [-0.2, -0.15) is 0 Å². The molecular formula is C18H25ClN2O2. The van der Waals surface area contributed by atoms with Gasteiger partial charge in [0, 0.05) is 25.2 Å². The summed E-state index contributed by atoms with van der Waals surface area (Å²) in [5.41, 5.74) is 0.978. The molecule has 1 fully saturated rings. The van der Waals surface area contributed by atoms with Crippen LogP contribution in [0.25, 0.3) is 0 Å². The van der Waals surface area contributed by atoms with Crippen LogP contribution in [-0.2, 0) is 9.53 Å². The van der Waals surface area contributed by atoms with Gasteiger partial charge in [-0.3, -0.25) is 4.79 Å². The minimum atomic E-state index is -0.0114. The molecule has 126 valence electrons. The molecule has 1 amide bonds. The summed E-state index contributed by atoms with van der Waals surface area (Å²) in [6.07, 6.45) is 1.35. The van der Waals surface area contributed by atoms with Gasteiger partial charge in [0.25, 0.3) is 0 Å². The molecule has 23 heavy (non-hydrogen) atoms. The molecule has 1 aliphatic heterocycles. The lowest BCUT2D eigenvalue weighted by molar-refractivity contribution is -0.134. The van der Waals surface area contributed by atoms with Gasteiger partial charge in [0.15, 0.2) is 0 Å². The van der Waals surface area contributed by atoms with Crippen molar-refractivity contribution in [1.29, 1.82) is 0 Å². The summed E-state index contributed by atoms with van der Waals surface area (Å²) in [6, 6.07) is 9.84. The highest BCUT2D eigenvalue weighted by atomic mass is 35.5. The van der Waals surface area contributed by atoms with Crippen molar-refractivity contribution in [1.82, 2.24) is 10.2 Å². The van der Waals surface area contributed by atoms with Gasteiger partial charge in [-0.1, -0.05) is 37.0 Å². The number of benzene rings is 1. The van der Waals surface area contributed by atoms with E-state index in [9.17, 15) is 4.79 Å². The Morgan fingerprint density at radius 2 is 2.17 bits per heavy atom. The zero-order valence-corrected chi connectivity index (χ0v) is 14.4. The van der Waals surface area contributed by atoms with Gasteiger partial charge < -0.3 is 15.0 Å². The molecule has 1 aromatic rings. The van der Waals surface area contributed by atoms with Gasteiger partial charge in [-0.05, 0) is 18.6 Å². The number of nitrogens with zero attached hydrogens (tertiary/aromatic N) is 1. The second-order valence-electron chi connectivity index (χ2n) is 5.38. The van der Waals surface area contributed by atoms with Gasteiger partial charge in [-0.25, -0.2) is 0 Å². The van der Waals surface area contributed by atoms with Crippen molar-refractivity contribution < 1.29 is 9.53 Å². The Bertz CT molecular complexity index is 519. The summed E-state index contributed by atoms with van der Waals surface area (Å²) in [5, 5.41) is 3.25. The molecule has 1 heterocycles. The second-order valence-corrected chi connectivity index (χ2v) is 5.38. The van der Waals surface area contributed by atoms with Crippen molar-refractivity contribution in [2.24, 2.45) is 0 Å². The molecule has 0 aliphatic carbocycles. The minimum absolute atomic E-state index is 0. The summed E-state index contributed by atoms with van der Waals surface area (Å²) in [6.45, 7) is 5.58. The van der Waals surface area contributed by atoms with Gasteiger partial charge >= 0.3 is 0 Å². The number of ether oxygens (including phenoxy) is 1. The Hall–Kier alpha value is -1.54. The first-order chi connectivity index (χ1) is 10.8. The Morgan fingerprint density at radius 3 is 2.83 bits per heavy atom. The van der Waals surface area contributed by atoms with Crippen molar-refractivity contribution >= 4 is 18.3 Å². The fraction of sp³-hybridized carbons (Fsp3) is 0.500. The van der Waals surface area contributed by atoms with Crippen molar-refractivity contribution in [2.45, 2.75) is 25.9 Å². The predicted octanol–water partition coefficient (Wildman–Crippen LogP) is 2.08. The van der Waals surface area contributed by atoms with Crippen LogP contribution in [0.15, 0.2) is 30.3 Å². The molecule has 1 saturated heterocycles. The topological polar surface area (TPSA) is 41.6 Å². The van der Waals surface area contributed by atoms with Crippen LogP contribution in [0.4, 0.5) is 0 Å². The zero-order valence-electron chi connectivity index (χ0n) is 13.6. The first-order valence-corrected chi connectivity index (χ1v) is 7.93. The SMILES string of the molecule is CCCN(CC#Cc1ccccc1)C(=O)CC1CNCCO1.Cl. The molecule has 0 aromatic heterocycles. The fourth-order valence-electron chi connectivity index (χ4n) is 2.40. The van der Waals surface area contributed by atoms with Crippen LogP contribution in [0.2, 0.25) is 0 Å². The molecule has 5 heteroatoms. The van der Waals surface area contributed by atoms with Gasteiger partial charge in [0.1, 0.15) is 0 Å². The van der Waals surface area contributed by atoms with E-state index < -0.39 is 0 Å². The zero-order chi connectivity index (χ0) is 15.6. The Balaban J connectivity index is 0.00000264. The van der Waals surface area contributed by atoms with E-state index in [1.165, 1.54) is 0 Å². The van der Waals surface area contributed by atoms with Gasteiger partial charge in [0.05, 0.1) is 25.7 Å². The van der Waals surface area contributed by atoms with Crippen LogP contribution in [-0.4, -0.2) is 49.7 Å². The highest BCUT2D eigenvalue weighted by Gasteiger charge is 2.20. The van der Waals surface area contributed by atoms with Gasteiger partial charge in [-0.15, -0.1) is 12.4 Å². The van der Waals surface area contributed by atoms with Crippen LogP contribution in [0, 0.1) is 11.8 Å². The molecule has 1 aromatic carbocycles. The molecule has 1 N–H and O–H groups in total. The van der Waals surface area contributed by atoms with E-state index >= 15 is 0 Å². The van der Waals surface area contributed by atoms with Crippen LogP contribution < -0.4 is 5.32 Å². The molecule has 1 unspecified atom stereocenters. The molecule has 0 bridgehead atoms. The number of hydrogen-bond donors (Lipinski definition) is 1. The first kappa shape index (κ1) is 19.5. The number of amides is 1. The van der Waals surface area contributed by atoms with Crippen molar-refractivity contribution in [2.75, 3.05) is 32.8 Å². The summed E-state index contributed by atoms with van der Waals surface area (Å²) in [4.78, 5) is 14.2. The molecule has 0 saturated carbocycles. The summed E-state index contributed by atoms with van der Waals surface area (Å²) < 4.78 is 5.60. The highest BCUT2D eigenvalue weighted by Crippen LogP contribution is 2.06. The smallest absolute Gasteiger partial charge is 0.226 e. The van der Waals surface area contributed by atoms with E-state index in [0.29, 0.717) is 19.6 Å². The summed E-state index contributed by atoms with van der Waals surface area (Å²) in [7, 11) is 0. The number of rotatable bonds is 5. The molecule has 1 aliphatic rings. The average Bonchev–Trinajstić information content (AvgIpc) is 2.56. The number of carbonyl (C=O) groups is 1. The van der Waals surface area contributed by atoms with Crippen LogP contribution in [0.3, 0.4) is 0 Å². The van der Waals surface area contributed by atoms with E-state index in [1.54, 1.807) is 0 Å². The quantitative estimate of drug-likeness (QED) is 0.837. The van der Waals surface area contributed by atoms with Gasteiger partial charge in [0.2, 0.25) is 5.91 Å². The molecule has 0 spiro atoms. The average molecular weight is 337 g/mol. The number of carbonyl (C=O) groups excluding carboxylic acids is 1. The number of halogens is 1. The Labute approximate surface area is 145 Å².